The highest BCUT2D eigenvalue weighted by molar-refractivity contribution is 6.22. The predicted molar refractivity (Wildman–Crippen MR) is 114 cm³/mol. The third-order valence-corrected chi connectivity index (χ3v) is 6.04. The van der Waals surface area contributed by atoms with Crippen molar-refractivity contribution in [3.8, 4) is 11.1 Å². The molecule has 0 saturated heterocycles. The molecule has 0 spiro atoms. The average molecular weight is 400 g/mol. The first kappa shape index (κ1) is 18.7. The number of rotatable bonds is 5. The molecular formula is C24H24N4O2. The lowest BCUT2D eigenvalue weighted by atomic mass is 10.0. The normalized spacial score (nSPS) is 14.6. The lowest BCUT2D eigenvalue weighted by Gasteiger charge is -2.08. The number of amides is 1. The largest absolute Gasteiger partial charge is 0.352 e. The van der Waals surface area contributed by atoms with Gasteiger partial charge in [0, 0.05) is 42.6 Å². The van der Waals surface area contributed by atoms with Gasteiger partial charge in [0.25, 0.3) is 5.91 Å². The molecule has 30 heavy (non-hydrogen) atoms. The molecule has 0 fully saturated rings. The smallest absolute Gasteiger partial charge is 0.251 e. The second-order valence-electron chi connectivity index (χ2n) is 7.99. The summed E-state index contributed by atoms with van der Waals surface area (Å²) < 4.78 is 2.25. The fraction of sp³-hybridized carbons (Fsp3) is 0.333. The number of benzene rings is 2. The standard InChI is InChI=1S/C24H24N4O2/c29-23-19-8-4-3-7-17(19)18-12-11-16(15-20(18)23)24(30)25-13-6-10-22-27-26-21-9-2-1-5-14-28(21)22/h3-4,7-8,11-12,15H,1-2,5-6,9-10,13-14H2,(H,25,30). The summed E-state index contributed by atoms with van der Waals surface area (Å²) in [5.41, 5.74) is 3.68. The molecule has 2 heterocycles. The van der Waals surface area contributed by atoms with Gasteiger partial charge < -0.3 is 9.88 Å². The van der Waals surface area contributed by atoms with Crippen molar-refractivity contribution < 1.29 is 9.59 Å². The zero-order valence-corrected chi connectivity index (χ0v) is 16.9. The molecular weight excluding hydrogens is 376 g/mol. The molecule has 152 valence electrons. The molecule has 2 aliphatic rings. The maximum atomic E-state index is 12.6. The van der Waals surface area contributed by atoms with E-state index in [1.54, 1.807) is 12.1 Å². The van der Waals surface area contributed by atoms with E-state index in [1.165, 1.54) is 19.3 Å². The molecule has 0 saturated carbocycles. The van der Waals surface area contributed by atoms with Crippen molar-refractivity contribution in [1.82, 2.24) is 20.1 Å². The SMILES string of the molecule is O=C(NCCCc1nnc2n1CCCCC2)c1ccc2c(c1)C(=O)c1ccccc1-2. The molecule has 0 unspecified atom stereocenters. The van der Waals surface area contributed by atoms with E-state index < -0.39 is 0 Å². The van der Waals surface area contributed by atoms with E-state index in [4.69, 9.17) is 0 Å². The van der Waals surface area contributed by atoms with Crippen LogP contribution in [0.1, 0.15) is 63.6 Å². The topological polar surface area (TPSA) is 76.9 Å². The fourth-order valence-electron chi connectivity index (χ4n) is 4.45. The Hall–Kier alpha value is -3.28. The first-order valence-corrected chi connectivity index (χ1v) is 10.7. The van der Waals surface area contributed by atoms with Crippen molar-refractivity contribution in [2.24, 2.45) is 0 Å². The second-order valence-corrected chi connectivity index (χ2v) is 7.99. The number of ketones is 1. The molecule has 3 aromatic rings. The Balaban J connectivity index is 1.20. The molecule has 0 bridgehead atoms. The predicted octanol–water partition coefficient (Wildman–Crippen LogP) is 3.58. The van der Waals surface area contributed by atoms with Crippen LogP contribution in [0.5, 0.6) is 0 Å². The highest BCUT2D eigenvalue weighted by atomic mass is 16.1. The van der Waals surface area contributed by atoms with E-state index in [0.717, 1.165) is 48.6 Å². The van der Waals surface area contributed by atoms with Gasteiger partial charge in [-0.1, -0.05) is 36.8 Å². The van der Waals surface area contributed by atoms with E-state index in [1.807, 2.05) is 30.3 Å². The van der Waals surface area contributed by atoms with Gasteiger partial charge in [0.1, 0.15) is 11.6 Å². The summed E-state index contributed by atoms with van der Waals surface area (Å²) in [7, 11) is 0. The number of hydrogen-bond donors (Lipinski definition) is 1. The zero-order valence-electron chi connectivity index (χ0n) is 16.9. The fourth-order valence-corrected chi connectivity index (χ4v) is 4.45. The molecule has 6 nitrogen and oxygen atoms in total. The zero-order chi connectivity index (χ0) is 20.5. The van der Waals surface area contributed by atoms with E-state index in [2.05, 4.69) is 20.1 Å². The van der Waals surface area contributed by atoms with Crippen LogP contribution in [0, 0.1) is 0 Å². The summed E-state index contributed by atoms with van der Waals surface area (Å²) in [4.78, 5) is 25.3. The quantitative estimate of drug-likeness (QED) is 0.520. The minimum absolute atomic E-state index is 0.0113. The van der Waals surface area contributed by atoms with Crippen LogP contribution in [-0.4, -0.2) is 33.0 Å². The van der Waals surface area contributed by atoms with Gasteiger partial charge in [0.05, 0.1) is 0 Å². The van der Waals surface area contributed by atoms with E-state index in [-0.39, 0.29) is 11.7 Å². The van der Waals surface area contributed by atoms with Crippen molar-refractivity contribution in [1.29, 1.82) is 0 Å². The van der Waals surface area contributed by atoms with Gasteiger partial charge in [-0.05, 0) is 42.5 Å². The number of aromatic nitrogens is 3. The van der Waals surface area contributed by atoms with Crippen LogP contribution >= 0.6 is 0 Å². The molecule has 0 atom stereocenters. The number of nitrogens with one attached hydrogen (secondary N) is 1. The van der Waals surface area contributed by atoms with Crippen LogP contribution in [0.25, 0.3) is 11.1 Å². The summed E-state index contributed by atoms with van der Waals surface area (Å²) in [5.74, 6) is 1.95. The number of carbonyl (C=O) groups excluding carboxylic acids is 2. The van der Waals surface area contributed by atoms with Gasteiger partial charge >= 0.3 is 0 Å². The summed E-state index contributed by atoms with van der Waals surface area (Å²) >= 11 is 0. The maximum Gasteiger partial charge on any atom is 0.251 e. The number of carbonyl (C=O) groups is 2. The Morgan fingerprint density at radius 1 is 0.967 bits per heavy atom. The molecule has 1 aromatic heterocycles. The minimum atomic E-state index is -0.151. The maximum absolute atomic E-state index is 12.6. The highest BCUT2D eigenvalue weighted by Gasteiger charge is 2.27. The Morgan fingerprint density at radius 3 is 2.70 bits per heavy atom. The number of hydrogen-bond acceptors (Lipinski definition) is 4. The molecule has 2 aromatic carbocycles. The number of aryl methyl sites for hydroxylation is 2. The van der Waals surface area contributed by atoms with Crippen LogP contribution in [0.4, 0.5) is 0 Å². The molecule has 1 amide bonds. The molecule has 0 radical (unpaired) electrons. The molecule has 1 aliphatic carbocycles. The molecule has 5 rings (SSSR count). The van der Waals surface area contributed by atoms with Gasteiger partial charge in [0.15, 0.2) is 5.78 Å². The average Bonchev–Trinajstić information content (AvgIpc) is 3.18. The van der Waals surface area contributed by atoms with Crippen molar-refractivity contribution in [2.75, 3.05) is 6.54 Å². The lowest BCUT2D eigenvalue weighted by Crippen LogP contribution is -2.25. The summed E-state index contributed by atoms with van der Waals surface area (Å²) in [6, 6.07) is 13.0. The van der Waals surface area contributed by atoms with E-state index >= 15 is 0 Å². The first-order chi connectivity index (χ1) is 14.7. The number of nitrogens with zero attached hydrogens (tertiary/aromatic N) is 3. The van der Waals surface area contributed by atoms with Crippen LogP contribution in [0.2, 0.25) is 0 Å². The Morgan fingerprint density at radius 2 is 1.80 bits per heavy atom. The Labute approximate surface area is 175 Å². The number of fused-ring (bicyclic) bond motifs is 4. The van der Waals surface area contributed by atoms with Crippen LogP contribution in [0.3, 0.4) is 0 Å². The monoisotopic (exact) mass is 400 g/mol. The van der Waals surface area contributed by atoms with E-state index in [9.17, 15) is 9.59 Å². The third-order valence-electron chi connectivity index (χ3n) is 6.04. The van der Waals surface area contributed by atoms with Crippen LogP contribution in [0.15, 0.2) is 42.5 Å². The highest BCUT2D eigenvalue weighted by Crippen LogP contribution is 2.36. The van der Waals surface area contributed by atoms with Gasteiger partial charge in [-0.15, -0.1) is 10.2 Å². The van der Waals surface area contributed by atoms with Crippen LogP contribution in [-0.2, 0) is 19.4 Å². The van der Waals surface area contributed by atoms with Gasteiger partial charge in [-0.2, -0.15) is 0 Å². The Kier molecular flexibility index (Phi) is 4.91. The molecule has 1 aliphatic heterocycles. The van der Waals surface area contributed by atoms with Gasteiger partial charge in [-0.25, -0.2) is 0 Å². The van der Waals surface area contributed by atoms with Crippen molar-refractivity contribution in [2.45, 2.75) is 45.1 Å². The molecule has 6 heteroatoms. The summed E-state index contributed by atoms with van der Waals surface area (Å²) in [6.07, 6.45) is 6.21. The summed E-state index contributed by atoms with van der Waals surface area (Å²) in [5, 5.41) is 11.6. The second kappa shape index (κ2) is 7.86. The van der Waals surface area contributed by atoms with Crippen LogP contribution < -0.4 is 5.32 Å². The van der Waals surface area contributed by atoms with Crippen molar-refractivity contribution in [3.63, 3.8) is 0 Å². The minimum Gasteiger partial charge on any atom is -0.352 e. The van der Waals surface area contributed by atoms with Gasteiger partial charge in [0.2, 0.25) is 0 Å². The van der Waals surface area contributed by atoms with Crippen molar-refractivity contribution >= 4 is 11.7 Å². The van der Waals surface area contributed by atoms with Crippen molar-refractivity contribution in [3.05, 3.63) is 70.8 Å². The third kappa shape index (κ3) is 3.32. The first-order valence-electron chi connectivity index (χ1n) is 10.7. The lowest BCUT2D eigenvalue weighted by molar-refractivity contribution is 0.0953. The molecule has 1 N–H and O–H groups in total. The van der Waals surface area contributed by atoms with E-state index in [0.29, 0.717) is 23.2 Å². The van der Waals surface area contributed by atoms with Gasteiger partial charge in [-0.3, -0.25) is 9.59 Å². The summed E-state index contributed by atoms with van der Waals surface area (Å²) in [6.45, 7) is 1.56. The Bertz CT molecular complexity index is 1130.